The fourth-order valence-electron chi connectivity index (χ4n) is 1.57. The second-order valence-electron chi connectivity index (χ2n) is 4.46. The number of rotatable bonds is 7. The van der Waals surface area contributed by atoms with Crippen molar-refractivity contribution in [2.45, 2.75) is 45.9 Å². The van der Waals surface area contributed by atoms with E-state index in [2.05, 4.69) is 31.2 Å². The van der Waals surface area contributed by atoms with Crippen molar-refractivity contribution >= 4 is 0 Å². The molecule has 16 heavy (non-hydrogen) atoms. The van der Waals surface area contributed by atoms with E-state index in [4.69, 9.17) is 0 Å². The van der Waals surface area contributed by atoms with Gasteiger partial charge in [0, 0.05) is 25.0 Å². The number of hydrogen-bond acceptors (Lipinski definition) is 3. The van der Waals surface area contributed by atoms with Crippen LogP contribution in [-0.4, -0.2) is 33.6 Å². The largest absolute Gasteiger partial charge is 0.390 e. The zero-order chi connectivity index (χ0) is 12.0. The molecule has 1 heterocycles. The Labute approximate surface area is 97.7 Å². The van der Waals surface area contributed by atoms with Crippen LogP contribution in [0.3, 0.4) is 0 Å². The highest BCUT2D eigenvalue weighted by atomic mass is 16.3. The summed E-state index contributed by atoms with van der Waals surface area (Å²) < 4.78 is 1.75. The van der Waals surface area contributed by atoms with Gasteiger partial charge in [-0.2, -0.15) is 5.10 Å². The maximum absolute atomic E-state index is 9.80. The van der Waals surface area contributed by atoms with Crippen molar-refractivity contribution in [3.05, 3.63) is 18.5 Å². The Morgan fingerprint density at radius 1 is 1.44 bits per heavy atom. The summed E-state index contributed by atoms with van der Waals surface area (Å²) in [6.07, 6.45) is 4.36. The predicted molar refractivity (Wildman–Crippen MR) is 65.2 cm³/mol. The molecule has 0 aromatic carbocycles. The Balaban J connectivity index is 2.22. The molecule has 0 saturated heterocycles. The normalized spacial score (nSPS) is 17.0. The van der Waals surface area contributed by atoms with Crippen LogP contribution in [0.2, 0.25) is 0 Å². The van der Waals surface area contributed by atoms with Crippen molar-refractivity contribution in [3.8, 4) is 0 Å². The Kier molecular flexibility index (Phi) is 5.49. The Morgan fingerprint density at radius 3 is 2.75 bits per heavy atom. The minimum atomic E-state index is -0.383. The first kappa shape index (κ1) is 13.2. The van der Waals surface area contributed by atoms with E-state index in [1.807, 2.05) is 12.3 Å². The number of hydrogen-bond donors (Lipinski definition) is 2. The molecule has 1 aromatic rings. The number of nitrogens with one attached hydrogen (secondary N) is 1. The summed E-state index contributed by atoms with van der Waals surface area (Å²) >= 11 is 0. The molecule has 0 radical (unpaired) electrons. The van der Waals surface area contributed by atoms with E-state index in [-0.39, 0.29) is 6.10 Å². The maximum atomic E-state index is 9.80. The molecule has 3 unspecified atom stereocenters. The number of aromatic nitrogens is 2. The van der Waals surface area contributed by atoms with Crippen LogP contribution < -0.4 is 5.32 Å². The topological polar surface area (TPSA) is 50.1 Å². The first-order chi connectivity index (χ1) is 7.63. The zero-order valence-electron chi connectivity index (χ0n) is 10.4. The Morgan fingerprint density at radius 2 is 2.19 bits per heavy atom. The van der Waals surface area contributed by atoms with Crippen molar-refractivity contribution in [1.82, 2.24) is 15.1 Å². The van der Waals surface area contributed by atoms with Gasteiger partial charge in [0.2, 0.25) is 0 Å². The molecule has 0 spiro atoms. The second-order valence-corrected chi connectivity index (χ2v) is 4.46. The van der Waals surface area contributed by atoms with E-state index >= 15 is 0 Å². The van der Waals surface area contributed by atoms with Gasteiger partial charge in [-0.3, -0.25) is 4.68 Å². The Hall–Kier alpha value is -0.870. The summed E-state index contributed by atoms with van der Waals surface area (Å²) in [5.74, 6) is 0.636. The molecular weight excluding hydrogens is 202 g/mol. The summed E-state index contributed by atoms with van der Waals surface area (Å²) in [5.41, 5.74) is 0. The van der Waals surface area contributed by atoms with Crippen LogP contribution in [-0.2, 0) is 6.54 Å². The minimum Gasteiger partial charge on any atom is -0.390 e. The highest BCUT2D eigenvalue weighted by molar-refractivity contribution is 4.79. The van der Waals surface area contributed by atoms with Crippen LogP contribution in [0.4, 0.5) is 0 Å². The molecular formula is C12H23N3O. The number of nitrogens with zero attached hydrogens (tertiary/aromatic N) is 2. The third-order valence-electron chi connectivity index (χ3n) is 3.13. The van der Waals surface area contributed by atoms with E-state index in [1.54, 1.807) is 10.9 Å². The SMILES string of the molecule is CCC(C)C(C)NCC(O)Cn1cccn1. The van der Waals surface area contributed by atoms with Gasteiger partial charge in [0.1, 0.15) is 0 Å². The molecule has 0 amide bonds. The lowest BCUT2D eigenvalue weighted by Crippen LogP contribution is -2.38. The van der Waals surface area contributed by atoms with Crippen molar-refractivity contribution in [2.75, 3.05) is 6.54 Å². The van der Waals surface area contributed by atoms with Gasteiger partial charge in [-0.25, -0.2) is 0 Å². The van der Waals surface area contributed by atoms with Gasteiger partial charge in [0.05, 0.1) is 12.6 Å². The number of aliphatic hydroxyl groups is 1. The van der Waals surface area contributed by atoms with Crippen molar-refractivity contribution < 1.29 is 5.11 Å². The van der Waals surface area contributed by atoms with Crippen molar-refractivity contribution in [1.29, 1.82) is 0 Å². The molecule has 0 aliphatic heterocycles. The van der Waals surface area contributed by atoms with E-state index in [0.29, 0.717) is 25.0 Å². The molecule has 92 valence electrons. The molecule has 1 rings (SSSR count). The lowest BCUT2D eigenvalue weighted by molar-refractivity contribution is 0.140. The van der Waals surface area contributed by atoms with Gasteiger partial charge >= 0.3 is 0 Å². The van der Waals surface area contributed by atoms with Gasteiger partial charge in [-0.15, -0.1) is 0 Å². The standard InChI is InChI=1S/C12H23N3O/c1-4-10(2)11(3)13-8-12(16)9-15-7-5-6-14-15/h5-7,10-13,16H,4,8-9H2,1-3H3. The van der Waals surface area contributed by atoms with Crippen LogP contribution in [0.5, 0.6) is 0 Å². The summed E-state index contributed by atoms with van der Waals surface area (Å²) in [6.45, 7) is 7.73. The van der Waals surface area contributed by atoms with Gasteiger partial charge in [0.15, 0.2) is 0 Å². The van der Waals surface area contributed by atoms with Gasteiger partial charge in [0.25, 0.3) is 0 Å². The minimum absolute atomic E-state index is 0.383. The molecule has 2 N–H and O–H groups in total. The summed E-state index contributed by atoms with van der Waals surface area (Å²) in [5, 5.41) is 17.2. The highest BCUT2D eigenvalue weighted by Gasteiger charge is 2.12. The van der Waals surface area contributed by atoms with Crippen LogP contribution >= 0.6 is 0 Å². The molecule has 4 heteroatoms. The summed E-state index contributed by atoms with van der Waals surface area (Å²) in [6, 6.07) is 2.30. The number of aliphatic hydroxyl groups excluding tert-OH is 1. The lowest BCUT2D eigenvalue weighted by Gasteiger charge is -2.21. The van der Waals surface area contributed by atoms with Gasteiger partial charge in [-0.1, -0.05) is 20.3 Å². The average Bonchev–Trinajstić information content (AvgIpc) is 2.77. The van der Waals surface area contributed by atoms with Gasteiger partial charge in [-0.05, 0) is 18.9 Å². The van der Waals surface area contributed by atoms with Crippen LogP contribution in [0.15, 0.2) is 18.5 Å². The maximum Gasteiger partial charge on any atom is 0.0860 e. The second kappa shape index (κ2) is 6.66. The molecule has 4 nitrogen and oxygen atoms in total. The third-order valence-corrected chi connectivity index (χ3v) is 3.13. The molecule has 3 atom stereocenters. The molecule has 0 aliphatic carbocycles. The zero-order valence-corrected chi connectivity index (χ0v) is 10.4. The van der Waals surface area contributed by atoms with E-state index < -0.39 is 0 Å². The molecule has 0 aliphatic rings. The fourth-order valence-corrected chi connectivity index (χ4v) is 1.57. The molecule has 1 aromatic heterocycles. The smallest absolute Gasteiger partial charge is 0.0860 e. The fraction of sp³-hybridized carbons (Fsp3) is 0.750. The Bertz CT molecular complexity index is 274. The van der Waals surface area contributed by atoms with Crippen molar-refractivity contribution in [2.24, 2.45) is 5.92 Å². The van der Waals surface area contributed by atoms with E-state index in [0.717, 1.165) is 6.42 Å². The molecule has 0 bridgehead atoms. The van der Waals surface area contributed by atoms with Crippen LogP contribution in [0, 0.1) is 5.92 Å². The predicted octanol–water partition coefficient (Wildman–Crippen LogP) is 1.27. The third kappa shape index (κ3) is 4.33. The highest BCUT2D eigenvalue weighted by Crippen LogP contribution is 2.06. The van der Waals surface area contributed by atoms with Gasteiger partial charge < -0.3 is 10.4 Å². The van der Waals surface area contributed by atoms with E-state index in [9.17, 15) is 5.11 Å². The summed E-state index contributed by atoms with van der Waals surface area (Å²) in [7, 11) is 0. The lowest BCUT2D eigenvalue weighted by atomic mass is 10.0. The quantitative estimate of drug-likeness (QED) is 0.734. The van der Waals surface area contributed by atoms with Crippen molar-refractivity contribution in [3.63, 3.8) is 0 Å². The van der Waals surface area contributed by atoms with Crippen LogP contribution in [0.1, 0.15) is 27.2 Å². The molecule has 0 saturated carbocycles. The monoisotopic (exact) mass is 225 g/mol. The van der Waals surface area contributed by atoms with Crippen LogP contribution in [0.25, 0.3) is 0 Å². The average molecular weight is 225 g/mol. The first-order valence-corrected chi connectivity index (χ1v) is 6.02. The van der Waals surface area contributed by atoms with E-state index in [1.165, 1.54) is 0 Å². The summed E-state index contributed by atoms with van der Waals surface area (Å²) in [4.78, 5) is 0. The molecule has 0 fully saturated rings. The first-order valence-electron chi connectivity index (χ1n) is 6.02.